The van der Waals surface area contributed by atoms with Gasteiger partial charge in [-0.3, -0.25) is 9.59 Å². The number of thioether (sulfide) groups is 1. The second-order valence-electron chi connectivity index (χ2n) is 4.87. The van der Waals surface area contributed by atoms with Gasteiger partial charge in [0.15, 0.2) is 16.2 Å². The van der Waals surface area contributed by atoms with Crippen LogP contribution in [0.5, 0.6) is 0 Å². The van der Waals surface area contributed by atoms with E-state index in [4.69, 9.17) is 4.74 Å². The van der Waals surface area contributed by atoms with Crippen molar-refractivity contribution in [3.8, 4) is 0 Å². The van der Waals surface area contributed by atoms with E-state index in [1.165, 1.54) is 6.92 Å². The Kier molecular flexibility index (Phi) is 6.54. The van der Waals surface area contributed by atoms with Crippen molar-refractivity contribution in [3.05, 3.63) is 0 Å². The second kappa shape index (κ2) is 7.92. The highest BCUT2D eigenvalue weighted by molar-refractivity contribution is 8.01. The largest absolute Gasteiger partial charge is 0.465 e. The maximum atomic E-state index is 11.9. The van der Waals surface area contributed by atoms with Crippen LogP contribution in [0.3, 0.4) is 0 Å². The summed E-state index contributed by atoms with van der Waals surface area (Å²) in [5.74, 6) is 0.0135. The van der Waals surface area contributed by atoms with Gasteiger partial charge in [-0.1, -0.05) is 11.8 Å². The smallest absolute Gasteiger partial charge is 0.327 e. The minimum Gasteiger partial charge on any atom is -0.465 e. The van der Waals surface area contributed by atoms with Gasteiger partial charge in [0.25, 0.3) is 0 Å². The van der Waals surface area contributed by atoms with Crippen LogP contribution in [0.15, 0.2) is 5.16 Å². The summed E-state index contributed by atoms with van der Waals surface area (Å²) in [6, 6.07) is 0. The summed E-state index contributed by atoms with van der Waals surface area (Å²) in [5.41, 5.74) is 0. The maximum absolute atomic E-state index is 11.9. The van der Waals surface area contributed by atoms with Gasteiger partial charge in [-0.05, 0) is 13.8 Å². The summed E-state index contributed by atoms with van der Waals surface area (Å²) in [6.45, 7) is 3.25. The molecule has 0 aliphatic carbocycles. The number of hydrogen-bond donors (Lipinski definition) is 0. The van der Waals surface area contributed by atoms with Crippen LogP contribution in [0.25, 0.3) is 0 Å². The lowest BCUT2D eigenvalue weighted by Crippen LogP contribution is -2.28. The van der Waals surface area contributed by atoms with Gasteiger partial charge in [-0.2, -0.15) is 15.0 Å². The van der Waals surface area contributed by atoms with Gasteiger partial charge < -0.3 is 14.5 Å². The summed E-state index contributed by atoms with van der Waals surface area (Å²) in [7, 11) is 7.21. The Bertz CT molecular complexity index is 524. The lowest BCUT2D eigenvalue weighted by Gasteiger charge is -2.17. The van der Waals surface area contributed by atoms with Gasteiger partial charge >= 0.3 is 5.97 Å². The molecule has 0 amide bonds. The molecular formula is C13H21N5O3S. The fourth-order valence-electron chi connectivity index (χ4n) is 1.41. The van der Waals surface area contributed by atoms with Crippen molar-refractivity contribution in [3.63, 3.8) is 0 Å². The van der Waals surface area contributed by atoms with Crippen LogP contribution < -0.4 is 9.80 Å². The molecule has 0 unspecified atom stereocenters. The molecule has 1 aromatic rings. The van der Waals surface area contributed by atoms with E-state index in [0.29, 0.717) is 17.1 Å². The third kappa shape index (κ3) is 4.83. The lowest BCUT2D eigenvalue weighted by atomic mass is 10.3. The summed E-state index contributed by atoms with van der Waals surface area (Å²) >= 11 is 0.968. The first-order valence-corrected chi connectivity index (χ1v) is 7.58. The van der Waals surface area contributed by atoms with Crippen molar-refractivity contribution in [1.82, 2.24) is 15.0 Å². The molecule has 122 valence electrons. The molecule has 0 aromatic carbocycles. The molecule has 0 saturated heterocycles. The van der Waals surface area contributed by atoms with Gasteiger partial charge in [0, 0.05) is 28.2 Å². The monoisotopic (exact) mass is 327 g/mol. The number of esters is 1. The highest BCUT2D eigenvalue weighted by Crippen LogP contribution is 2.24. The van der Waals surface area contributed by atoms with Gasteiger partial charge in [-0.25, -0.2) is 0 Å². The number of Topliss-reactive ketones (excluding diaryl/α,β-unsaturated/α-hetero) is 1. The van der Waals surface area contributed by atoms with Gasteiger partial charge in [0.1, 0.15) is 0 Å². The van der Waals surface area contributed by atoms with Crippen molar-refractivity contribution >= 4 is 35.4 Å². The Morgan fingerprint density at radius 2 is 1.59 bits per heavy atom. The number of aromatic nitrogens is 3. The summed E-state index contributed by atoms with van der Waals surface area (Å²) in [5, 5.41) is -0.678. The third-order valence-electron chi connectivity index (χ3n) is 2.48. The van der Waals surface area contributed by atoms with E-state index in [1.807, 2.05) is 0 Å². The highest BCUT2D eigenvalue weighted by Gasteiger charge is 2.28. The van der Waals surface area contributed by atoms with E-state index in [9.17, 15) is 9.59 Å². The summed E-state index contributed by atoms with van der Waals surface area (Å²) < 4.78 is 4.92. The number of anilines is 2. The molecule has 0 radical (unpaired) electrons. The van der Waals surface area contributed by atoms with Gasteiger partial charge in [0.2, 0.25) is 11.9 Å². The van der Waals surface area contributed by atoms with Crippen molar-refractivity contribution in [2.45, 2.75) is 24.3 Å². The zero-order valence-electron chi connectivity index (χ0n) is 13.7. The molecule has 8 nitrogen and oxygen atoms in total. The quantitative estimate of drug-likeness (QED) is 0.406. The number of ether oxygens (including phenoxy) is 1. The van der Waals surface area contributed by atoms with E-state index in [0.717, 1.165) is 11.8 Å². The Hall–Kier alpha value is -1.90. The Balaban J connectivity index is 3.13. The zero-order valence-corrected chi connectivity index (χ0v) is 14.5. The molecule has 1 atom stereocenters. The fraction of sp³-hybridized carbons (Fsp3) is 0.615. The molecule has 0 bridgehead atoms. The van der Waals surface area contributed by atoms with Gasteiger partial charge in [-0.15, -0.1) is 0 Å². The predicted octanol–water partition coefficient (Wildman–Crippen LogP) is 0.616. The first kappa shape index (κ1) is 18.1. The molecule has 0 aliphatic heterocycles. The van der Waals surface area contributed by atoms with Crippen LogP contribution in [0, 0.1) is 0 Å². The van der Waals surface area contributed by atoms with Crippen LogP contribution in [-0.4, -0.2) is 66.8 Å². The molecule has 9 heteroatoms. The summed E-state index contributed by atoms with van der Waals surface area (Å²) in [6.07, 6.45) is 0. The molecule has 0 aliphatic rings. The van der Waals surface area contributed by atoms with Crippen LogP contribution >= 0.6 is 11.8 Å². The molecular weight excluding hydrogens is 306 g/mol. The molecule has 0 N–H and O–H groups in total. The van der Waals surface area contributed by atoms with Crippen LogP contribution in [0.1, 0.15) is 13.8 Å². The zero-order chi connectivity index (χ0) is 16.9. The average Bonchev–Trinajstić information content (AvgIpc) is 2.44. The SMILES string of the molecule is CCOC(=O)[C@@H](Sc1nc(N(C)C)nc(N(C)C)n1)C(C)=O. The first-order valence-electron chi connectivity index (χ1n) is 6.70. The molecule has 1 aromatic heterocycles. The van der Waals surface area contributed by atoms with Gasteiger partial charge in [0.05, 0.1) is 6.61 Å². The normalized spacial score (nSPS) is 11.7. The second-order valence-corrected chi connectivity index (χ2v) is 5.94. The number of hydrogen-bond acceptors (Lipinski definition) is 9. The molecule has 0 spiro atoms. The Morgan fingerprint density at radius 3 is 1.95 bits per heavy atom. The Labute approximate surface area is 134 Å². The topological polar surface area (TPSA) is 88.5 Å². The van der Waals surface area contributed by atoms with Crippen molar-refractivity contribution < 1.29 is 14.3 Å². The lowest BCUT2D eigenvalue weighted by molar-refractivity contribution is -0.144. The molecule has 22 heavy (non-hydrogen) atoms. The number of nitrogens with zero attached hydrogens (tertiary/aromatic N) is 5. The van der Waals surface area contributed by atoms with E-state index >= 15 is 0 Å². The van der Waals surface area contributed by atoms with E-state index < -0.39 is 11.2 Å². The van der Waals surface area contributed by atoms with Crippen LogP contribution in [0.2, 0.25) is 0 Å². The standard InChI is InChI=1S/C13H21N5O3S/c1-7-21-10(20)9(8(2)19)22-13-15-11(17(3)4)14-12(16-13)18(5)6/h9H,7H2,1-6H3/t9-/m0/s1. The third-order valence-corrected chi connectivity index (χ3v) is 3.64. The maximum Gasteiger partial charge on any atom is 0.327 e. The number of carbonyl (C=O) groups is 2. The van der Waals surface area contributed by atoms with Crippen LogP contribution in [-0.2, 0) is 14.3 Å². The number of carbonyl (C=O) groups excluding carboxylic acids is 2. The number of rotatable bonds is 7. The van der Waals surface area contributed by atoms with Crippen molar-refractivity contribution in [2.24, 2.45) is 0 Å². The molecule has 0 fully saturated rings. The van der Waals surface area contributed by atoms with Crippen molar-refractivity contribution in [2.75, 3.05) is 44.6 Å². The first-order chi connectivity index (χ1) is 10.3. The Morgan fingerprint density at radius 1 is 1.09 bits per heavy atom. The average molecular weight is 327 g/mol. The van der Waals surface area contributed by atoms with Crippen LogP contribution in [0.4, 0.5) is 11.9 Å². The molecule has 0 saturated carbocycles. The van der Waals surface area contributed by atoms with E-state index in [2.05, 4.69) is 15.0 Å². The molecule has 1 rings (SSSR count). The molecule has 1 heterocycles. The summed E-state index contributed by atoms with van der Waals surface area (Å²) in [4.78, 5) is 39.8. The van der Waals surface area contributed by atoms with Crippen molar-refractivity contribution in [1.29, 1.82) is 0 Å². The number of ketones is 1. The minimum absolute atomic E-state index is 0.215. The highest BCUT2D eigenvalue weighted by atomic mass is 32.2. The minimum atomic E-state index is -0.979. The predicted molar refractivity (Wildman–Crippen MR) is 85.4 cm³/mol. The fourth-order valence-corrected chi connectivity index (χ4v) is 2.22. The van der Waals surface area contributed by atoms with E-state index in [1.54, 1.807) is 44.9 Å². The van der Waals surface area contributed by atoms with E-state index in [-0.39, 0.29) is 12.4 Å².